The molecule has 1 heterocycles. The Morgan fingerprint density at radius 3 is 2.48 bits per heavy atom. The van der Waals surface area contributed by atoms with E-state index in [4.69, 9.17) is 4.74 Å². The molecular weight excluding hydrogens is 314 g/mol. The van der Waals surface area contributed by atoms with E-state index in [2.05, 4.69) is 0 Å². The molecule has 1 atom stereocenters. The molecule has 6 nitrogen and oxygen atoms in total. The summed E-state index contributed by atoms with van der Waals surface area (Å²) < 4.78 is 31.1. The van der Waals surface area contributed by atoms with Gasteiger partial charge in [0.25, 0.3) is 0 Å². The first-order valence-electron chi connectivity index (χ1n) is 6.89. The molecule has 0 N–H and O–H groups in total. The highest BCUT2D eigenvalue weighted by atomic mass is 32.2. The summed E-state index contributed by atoms with van der Waals surface area (Å²) in [5.41, 5.74) is -0.639. The molecule has 1 aliphatic rings. The third-order valence-electron chi connectivity index (χ3n) is 2.89. The van der Waals surface area contributed by atoms with Crippen molar-refractivity contribution in [1.82, 2.24) is 4.31 Å². The van der Waals surface area contributed by atoms with Crippen LogP contribution in [0.25, 0.3) is 0 Å². The van der Waals surface area contributed by atoms with Crippen LogP contribution in [0.2, 0.25) is 0 Å². The van der Waals surface area contributed by atoms with Crippen LogP contribution in [0, 0.1) is 0 Å². The van der Waals surface area contributed by atoms with E-state index in [1.54, 1.807) is 20.8 Å². The molecule has 0 saturated carbocycles. The van der Waals surface area contributed by atoms with E-state index < -0.39 is 27.6 Å². The molecule has 21 heavy (non-hydrogen) atoms. The standard InChI is InChI=1S/C13H23NO5S2/c1-10(15)20-8-9-21(17,18)14-7-5-6-11(14)12(16)19-13(2,3)4/h11H,5-9H2,1-4H3/t11-/m0/s1. The number of hydrogen-bond acceptors (Lipinski definition) is 6. The van der Waals surface area contributed by atoms with Gasteiger partial charge in [0.05, 0.1) is 5.75 Å². The maximum atomic E-state index is 12.3. The first kappa shape index (κ1) is 18.4. The number of carbonyl (C=O) groups excluding carboxylic acids is 2. The third kappa shape index (κ3) is 5.96. The van der Waals surface area contributed by atoms with Crippen LogP contribution in [-0.2, 0) is 24.3 Å². The lowest BCUT2D eigenvalue weighted by molar-refractivity contribution is -0.158. The second kappa shape index (κ2) is 7.11. The number of carbonyl (C=O) groups is 2. The molecule has 1 fully saturated rings. The van der Waals surface area contributed by atoms with Crippen LogP contribution in [-0.4, -0.2) is 53.5 Å². The third-order valence-corrected chi connectivity index (χ3v) is 5.83. The van der Waals surface area contributed by atoms with Gasteiger partial charge in [-0.2, -0.15) is 4.31 Å². The highest BCUT2D eigenvalue weighted by Gasteiger charge is 2.40. The SMILES string of the molecule is CC(=O)SCCS(=O)(=O)N1CCC[C@H]1C(=O)OC(C)(C)C. The first-order valence-corrected chi connectivity index (χ1v) is 9.48. The zero-order valence-corrected chi connectivity index (χ0v) is 14.6. The highest BCUT2D eigenvalue weighted by Crippen LogP contribution is 2.24. The van der Waals surface area contributed by atoms with Crippen molar-refractivity contribution in [2.24, 2.45) is 0 Å². The molecule has 0 amide bonds. The lowest BCUT2D eigenvalue weighted by Crippen LogP contribution is -2.44. The molecule has 0 aromatic carbocycles. The summed E-state index contributed by atoms with van der Waals surface area (Å²) in [5, 5.41) is -0.115. The lowest BCUT2D eigenvalue weighted by atomic mass is 10.2. The maximum absolute atomic E-state index is 12.3. The summed E-state index contributed by atoms with van der Waals surface area (Å²) in [6, 6.07) is -0.739. The van der Waals surface area contributed by atoms with E-state index >= 15 is 0 Å². The summed E-state index contributed by atoms with van der Waals surface area (Å²) in [7, 11) is -3.55. The summed E-state index contributed by atoms with van der Waals surface area (Å²) in [6.07, 6.45) is 1.12. The average Bonchev–Trinajstić information content (AvgIpc) is 2.74. The van der Waals surface area contributed by atoms with Gasteiger partial charge in [-0.15, -0.1) is 0 Å². The van der Waals surface area contributed by atoms with E-state index in [-0.39, 0.29) is 16.6 Å². The van der Waals surface area contributed by atoms with Gasteiger partial charge >= 0.3 is 5.97 Å². The van der Waals surface area contributed by atoms with Crippen LogP contribution in [0.5, 0.6) is 0 Å². The van der Waals surface area contributed by atoms with Crippen molar-refractivity contribution in [2.45, 2.75) is 52.2 Å². The van der Waals surface area contributed by atoms with E-state index in [0.29, 0.717) is 19.4 Å². The minimum atomic E-state index is -3.55. The van der Waals surface area contributed by atoms with Crippen LogP contribution < -0.4 is 0 Å². The van der Waals surface area contributed by atoms with Crippen LogP contribution in [0.15, 0.2) is 0 Å². The zero-order valence-electron chi connectivity index (χ0n) is 12.9. The molecule has 0 aliphatic carbocycles. The van der Waals surface area contributed by atoms with Gasteiger partial charge in [0.2, 0.25) is 10.0 Å². The van der Waals surface area contributed by atoms with Gasteiger partial charge in [-0.05, 0) is 33.6 Å². The van der Waals surface area contributed by atoms with Crippen molar-refractivity contribution in [3.8, 4) is 0 Å². The highest BCUT2D eigenvalue weighted by molar-refractivity contribution is 8.14. The van der Waals surface area contributed by atoms with Crippen molar-refractivity contribution >= 4 is 32.9 Å². The van der Waals surface area contributed by atoms with Crippen LogP contribution >= 0.6 is 11.8 Å². The molecule has 0 radical (unpaired) electrons. The molecule has 0 spiro atoms. The van der Waals surface area contributed by atoms with Crippen LogP contribution in [0.1, 0.15) is 40.5 Å². The number of thioether (sulfide) groups is 1. The fourth-order valence-corrected chi connectivity index (χ4v) is 4.77. The summed E-state index contributed by atoms with van der Waals surface area (Å²) in [4.78, 5) is 23.0. The fraction of sp³-hybridized carbons (Fsp3) is 0.846. The molecule has 1 saturated heterocycles. The molecule has 0 unspecified atom stereocenters. The molecule has 1 aliphatic heterocycles. The molecule has 0 aromatic heterocycles. The van der Waals surface area contributed by atoms with Crippen molar-refractivity contribution < 1.29 is 22.7 Å². The summed E-state index contributed by atoms with van der Waals surface area (Å²) >= 11 is 0.976. The number of ether oxygens (including phenoxy) is 1. The predicted molar refractivity (Wildman–Crippen MR) is 82.5 cm³/mol. The van der Waals surface area contributed by atoms with E-state index in [0.717, 1.165) is 11.8 Å². The molecule has 122 valence electrons. The van der Waals surface area contributed by atoms with Crippen LogP contribution in [0.4, 0.5) is 0 Å². The summed E-state index contributed by atoms with van der Waals surface area (Å²) in [6.45, 7) is 6.99. The molecule has 0 bridgehead atoms. The Morgan fingerprint density at radius 1 is 1.33 bits per heavy atom. The number of rotatable bonds is 5. The van der Waals surface area contributed by atoms with E-state index in [1.807, 2.05) is 0 Å². The number of nitrogens with zero attached hydrogens (tertiary/aromatic N) is 1. The quantitative estimate of drug-likeness (QED) is 0.706. The van der Waals surface area contributed by atoms with Gasteiger partial charge in [-0.3, -0.25) is 9.59 Å². The Balaban J connectivity index is 2.71. The van der Waals surface area contributed by atoms with E-state index in [1.165, 1.54) is 11.2 Å². The summed E-state index contributed by atoms with van der Waals surface area (Å²) in [5.74, 6) is -0.436. The minimum absolute atomic E-state index is 0.115. The van der Waals surface area contributed by atoms with Gasteiger partial charge in [0.1, 0.15) is 11.6 Å². The maximum Gasteiger partial charge on any atom is 0.324 e. The Morgan fingerprint density at radius 2 is 1.95 bits per heavy atom. The monoisotopic (exact) mass is 337 g/mol. The van der Waals surface area contributed by atoms with Gasteiger partial charge < -0.3 is 4.74 Å². The Bertz CT molecular complexity index is 495. The van der Waals surface area contributed by atoms with Gasteiger partial charge in [0, 0.05) is 19.2 Å². The fourth-order valence-electron chi connectivity index (χ4n) is 2.09. The molecular formula is C13H23NO5S2. The second-order valence-corrected chi connectivity index (χ2v) is 9.27. The zero-order chi connectivity index (χ0) is 16.3. The minimum Gasteiger partial charge on any atom is -0.459 e. The van der Waals surface area contributed by atoms with Gasteiger partial charge in [0.15, 0.2) is 5.12 Å². The Hall–Kier alpha value is -0.600. The van der Waals surface area contributed by atoms with Crippen molar-refractivity contribution in [1.29, 1.82) is 0 Å². The number of hydrogen-bond donors (Lipinski definition) is 0. The average molecular weight is 337 g/mol. The van der Waals surface area contributed by atoms with Crippen molar-refractivity contribution in [3.05, 3.63) is 0 Å². The largest absolute Gasteiger partial charge is 0.459 e. The molecule has 0 aromatic rings. The topological polar surface area (TPSA) is 80.8 Å². The lowest BCUT2D eigenvalue weighted by Gasteiger charge is -2.26. The van der Waals surface area contributed by atoms with Crippen LogP contribution in [0.3, 0.4) is 0 Å². The Kier molecular flexibility index (Phi) is 6.24. The number of sulfonamides is 1. The van der Waals surface area contributed by atoms with Crippen molar-refractivity contribution in [2.75, 3.05) is 18.1 Å². The van der Waals surface area contributed by atoms with Crippen molar-refractivity contribution in [3.63, 3.8) is 0 Å². The molecule has 1 rings (SSSR count). The normalized spacial score (nSPS) is 20.5. The predicted octanol–water partition coefficient (Wildman–Crippen LogP) is 1.40. The Labute approximate surface area is 130 Å². The smallest absolute Gasteiger partial charge is 0.324 e. The van der Waals surface area contributed by atoms with E-state index in [9.17, 15) is 18.0 Å². The number of esters is 1. The van der Waals surface area contributed by atoms with Gasteiger partial charge in [-0.1, -0.05) is 11.8 Å². The van der Waals surface area contributed by atoms with Gasteiger partial charge in [-0.25, -0.2) is 8.42 Å². The molecule has 8 heteroatoms. The first-order chi connectivity index (χ1) is 9.53. The second-order valence-electron chi connectivity index (χ2n) is 5.96.